The fourth-order valence-corrected chi connectivity index (χ4v) is 1.21. The van der Waals surface area contributed by atoms with Gasteiger partial charge in [0.2, 0.25) is 0 Å². The summed E-state index contributed by atoms with van der Waals surface area (Å²) in [6.07, 6.45) is 1.52. The molecule has 0 aromatic heterocycles. The van der Waals surface area contributed by atoms with Gasteiger partial charge in [-0.1, -0.05) is 0 Å². The lowest BCUT2D eigenvalue weighted by Gasteiger charge is -1.95. The van der Waals surface area contributed by atoms with E-state index in [-0.39, 0.29) is 0 Å². The van der Waals surface area contributed by atoms with Crippen molar-refractivity contribution >= 4 is 0 Å². The predicted octanol–water partition coefficient (Wildman–Crippen LogP) is 0.224. The Morgan fingerprint density at radius 2 is 2.17 bits per heavy atom. The van der Waals surface area contributed by atoms with E-state index in [2.05, 4.69) is 12.4 Å². The van der Waals surface area contributed by atoms with E-state index >= 15 is 0 Å². The van der Waals surface area contributed by atoms with Gasteiger partial charge < -0.3 is 5.32 Å². The molecule has 2 fully saturated rings. The molecular formula is C5H9N. The molecular weight excluding hydrogens is 74.1 g/mol. The first-order chi connectivity index (χ1) is 2.93. The highest BCUT2D eigenvalue weighted by Gasteiger charge is 2.63. The largest absolute Gasteiger partial charge is 0.316 e. The summed E-state index contributed by atoms with van der Waals surface area (Å²) < 4.78 is 0. The summed E-state index contributed by atoms with van der Waals surface area (Å²) in [5, 5.41) is 3.24. The molecule has 6 heavy (non-hydrogen) atoms. The quantitative estimate of drug-likeness (QED) is 0.478. The Morgan fingerprint density at radius 3 is 2.17 bits per heavy atom. The van der Waals surface area contributed by atoms with Gasteiger partial charge in [0.25, 0.3) is 0 Å². The van der Waals surface area contributed by atoms with Crippen LogP contribution in [-0.2, 0) is 0 Å². The van der Waals surface area contributed by atoms with Gasteiger partial charge in [0.1, 0.15) is 0 Å². The molecule has 0 aromatic carbocycles. The lowest BCUT2D eigenvalue weighted by Crippen LogP contribution is -2.15. The van der Waals surface area contributed by atoms with E-state index in [0.29, 0.717) is 0 Å². The summed E-state index contributed by atoms with van der Waals surface area (Å²) in [5.74, 6) is 2.24. The molecule has 1 heteroatoms. The summed E-state index contributed by atoms with van der Waals surface area (Å²) in [5.41, 5.74) is 0. The van der Waals surface area contributed by atoms with Gasteiger partial charge >= 0.3 is 0 Å². The second-order valence-corrected chi connectivity index (χ2v) is 2.38. The van der Waals surface area contributed by atoms with Crippen molar-refractivity contribution in [3.63, 3.8) is 0 Å². The number of rotatable bonds is 1. The van der Waals surface area contributed by atoms with E-state index in [1.165, 1.54) is 6.42 Å². The maximum Gasteiger partial charge on any atom is 0.0127 e. The van der Waals surface area contributed by atoms with Crippen molar-refractivity contribution in [2.45, 2.75) is 12.5 Å². The number of hydrogen-bond acceptors (Lipinski definition) is 1. The maximum atomic E-state index is 3.24. The van der Waals surface area contributed by atoms with Crippen molar-refractivity contribution in [3.8, 4) is 0 Å². The van der Waals surface area contributed by atoms with Crippen LogP contribution in [0.5, 0.6) is 0 Å². The Labute approximate surface area is 37.7 Å². The Morgan fingerprint density at radius 1 is 1.50 bits per heavy atom. The van der Waals surface area contributed by atoms with Gasteiger partial charge in [0.05, 0.1) is 0 Å². The number of fused-ring (bicyclic) bond motifs is 1. The van der Waals surface area contributed by atoms with E-state index in [1.54, 1.807) is 0 Å². The standard InChI is InChI=1S/C5H9N/c1-6-5-3-2-4(3)5/h3-6H,2H2,1H3. The molecule has 0 heterocycles. The number of hydrogen-bond donors (Lipinski definition) is 1. The predicted molar refractivity (Wildman–Crippen MR) is 24.4 cm³/mol. The molecule has 0 bridgehead atoms. The van der Waals surface area contributed by atoms with Gasteiger partial charge in [-0.15, -0.1) is 0 Å². The monoisotopic (exact) mass is 83.1 g/mol. The molecule has 2 rings (SSSR count). The molecule has 0 saturated heterocycles. The average Bonchev–Trinajstić information content (AvgIpc) is 2.12. The molecule has 2 aliphatic carbocycles. The highest BCUT2D eigenvalue weighted by Crippen LogP contribution is 2.62. The Kier molecular flexibility index (Phi) is 0.327. The molecule has 1 N–H and O–H groups in total. The topological polar surface area (TPSA) is 12.0 Å². The molecule has 2 unspecified atom stereocenters. The van der Waals surface area contributed by atoms with Crippen LogP contribution in [0.4, 0.5) is 0 Å². The molecule has 0 aliphatic heterocycles. The summed E-state index contributed by atoms with van der Waals surface area (Å²) in [6, 6.07) is 0.949. The third-order valence-corrected chi connectivity index (χ3v) is 2.01. The van der Waals surface area contributed by atoms with Crippen LogP contribution in [-0.4, -0.2) is 13.1 Å². The smallest absolute Gasteiger partial charge is 0.0127 e. The maximum absolute atomic E-state index is 3.24. The molecule has 2 atom stereocenters. The molecule has 2 aliphatic rings. The van der Waals surface area contributed by atoms with Crippen molar-refractivity contribution < 1.29 is 0 Å². The van der Waals surface area contributed by atoms with Gasteiger partial charge in [-0.3, -0.25) is 0 Å². The lowest BCUT2D eigenvalue weighted by molar-refractivity contribution is 0.636. The minimum Gasteiger partial charge on any atom is -0.316 e. The van der Waals surface area contributed by atoms with Crippen LogP contribution in [0.2, 0.25) is 0 Å². The van der Waals surface area contributed by atoms with E-state index in [4.69, 9.17) is 0 Å². The first kappa shape index (κ1) is 3.03. The van der Waals surface area contributed by atoms with Crippen molar-refractivity contribution in [2.75, 3.05) is 7.05 Å². The zero-order chi connectivity index (χ0) is 4.15. The highest BCUT2D eigenvalue weighted by molar-refractivity contribution is 5.16. The van der Waals surface area contributed by atoms with Gasteiger partial charge in [0.15, 0.2) is 0 Å². The normalized spacial score (nSPS) is 60.5. The van der Waals surface area contributed by atoms with Crippen molar-refractivity contribution in [1.29, 1.82) is 0 Å². The van der Waals surface area contributed by atoms with Gasteiger partial charge in [-0.25, -0.2) is 0 Å². The zero-order valence-electron chi connectivity index (χ0n) is 3.94. The van der Waals surface area contributed by atoms with Crippen LogP contribution in [0.3, 0.4) is 0 Å². The third kappa shape index (κ3) is 0.178. The van der Waals surface area contributed by atoms with E-state index in [0.717, 1.165) is 17.9 Å². The van der Waals surface area contributed by atoms with Gasteiger partial charge in [-0.2, -0.15) is 0 Å². The molecule has 0 spiro atoms. The van der Waals surface area contributed by atoms with Crippen LogP contribution >= 0.6 is 0 Å². The molecule has 0 amide bonds. The highest BCUT2D eigenvalue weighted by atomic mass is 15.0. The van der Waals surface area contributed by atoms with Crippen LogP contribution < -0.4 is 5.32 Å². The van der Waals surface area contributed by atoms with Crippen molar-refractivity contribution in [3.05, 3.63) is 0 Å². The van der Waals surface area contributed by atoms with E-state index < -0.39 is 0 Å². The number of nitrogens with one attached hydrogen (secondary N) is 1. The second-order valence-electron chi connectivity index (χ2n) is 2.38. The van der Waals surface area contributed by atoms with Crippen LogP contribution in [0.15, 0.2) is 0 Å². The summed E-state index contributed by atoms with van der Waals surface area (Å²) in [7, 11) is 2.05. The molecule has 34 valence electrons. The average molecular weight is 83.1 g/mol. The van der Waals surface area contributed by atoms with Gasteiger partial charge in [0, 0.05) is 6.04 Å². The van der Waals surface area contributed by atoms with Gasteiger partial charge in [-0.05, 0) is 25.3 Å². The summed E-state index contributed by atoms with van der Waals surface area (Å²) >= 11 is 0. The Bertz CT molecular complexity index is 72.0. The lowest BCUT2D eigenvalue weighted by atomic mass is 10.3. The Balaban J connectivity index is 1.92. The first-order valence-corrected chi connectivity index (χ1v) is 2.61. The summed E-state index contributed by atoms with van der Waals surface area (Å²) in [6.45, 7) is 0. The van der Waals surface area contributed by atoms with E-state index in [1.807, 2.05) is 0 Å². The molecule has 1 nitrogen and oxygen atoms in total. The van der Waals surface area contributed by atoms with Crippen LogP contribution in [0.1, 0.15) is 6.42 Å². The molecule has 0 aromatic rings. The van der Waals surface area contributed by atoms with E-state index in [9.17, 15) is 0 Å². The molecule has 0 radical (unpaired) electrons. The minimum absolute atomic E-state index is 0.949. The van der Waals surface area contributed by atoms with Crippen LogP contribution in [0.25, 0.3) is 0 Å². The van der Waals surface area contributed by atoms with Crippen LogP contribution in [0, 0.1) is 11.8 Å². The first-order valence-electron chi connectivity index (χ1n) is 2.61. The fourth-order valence-electron chi connectivity index (χ4n) is 1.21. The SMILES string of the molecule is CNC1C2CC21. The summed E-state index contributed by atoms with van der Waals surface area (Å²) in [4.78, 5) is 0. The zero-order valence-corrected chi connectivity index (χ0v) is 3.94. The Hall–Kier alpha value is -0.0400. The second kappa shape index (κ2) is 0.648. The van der Waals surface area contributed by atoms with Crippen molar-refractivity contribution in [2.24, 2.45) is 11.8 Å². The fraction of sp³-hybridized carbons (Fsp3) is 1.00. The molecule has 2 saturated carbocycles. The third-order valence-electron chi connectivity index (χ3n) is 2.01. The van der Waals surface area contributed by atoms with Crippen molar-refractivity contribution in [1.82, 2.24) is 5.32 Å². The minimum atomic E-state index is 0.949.